The lowest BCUT2D eigenvalue weighted by Crippen LogP contribution is -2.48. The van der Waals surface area contributed by atoms with Crippen LogP contribution in [0.3, 0.4) is 0 Å². The first-order valence-electron chi connectivity index (χ1n) is 7.08. The highest BCUT2D eigenvalue weighted by Gasteiger charge is 2.34. The fourth-order valence-corrected chi connectivity index (χ4v) is 2.83. The molecule has 2 aliphatic rings. The summed E-state index contributed by atoms with van der Waals surface area (Å²) >= 11 is 6.05. The van der Waals surface area contributed by atoms with Gasteiger partial charge in [-0.3, -0.25) is 9.69 Å². The minimum atomic E-state index is -0.307. The van der Waals surface area contributed by atoms with Crippen LogP contribution in [0.1, 0.15) is 18.4 Å². The van der Waals surface area contributed by atoms with Crippen molar-refractivity contribution in [3.63, 3.8) is 0 Å². The van der Waals surface area contributed by atoms with Gasteiger partial charge in [0.05, 0.1) is 0 Å². The Morgan fingerprint density at radius 2 is 1.95 bits per heavy atom. The van der Waals surface area contributed by atoms with E-state index in [-0.39, 0.29) is 5.82 Å². The van der Waals surface area contributed by atoms with E-state index in [0.717, 1.165) is 44.6 Å². The van der Waals surface area contributed by atoms with E-state index in [4.69, 9.17) is 11.6 Å². The molecule has 0 bridgehead atoms. The number of nitrogens with zero attached hydrogens (tertiary/aromatic N) is 2. The zero-order chi connectivity index (χ0) is 14.1. The van der Waals surface area contributed by atoms with E-state index >= 15 is 0 Å². The van der Waals surface area contributed by atoms with Gasteiger partial charge in [0.2, 0.25) is 5.91 Å². The third kappa shape index (κ3) is 3.13. The number of halogens is 2. The molecule has 5 heteroatoms. The Kier molecular flexibility index (Phi) is 3.94. The number of carbonyl (C=O) groups excluding carboxylic acids is 1. The van der Waals surface area contributed by atoms with Gasteiger partial charge in [-0.1, -0.05) is 17.7 Å². The van der Waals surface area contributed by atoms with Crippen LogP contribution >= 0.6 is 11.6 Å². The fraction of sp³-hybridized carbons (Fsp3) is 0.533. The monoisotopic (exact) mass is 296 g/mol. The predicted octanol–water partition coefficient (Wildman–Crippen LogP) is 2.53. The molecule has 1 saturated heterocycles. The molecule has 1 aromatic carbocycles. The van der Waals surface area contributed by atoms with E-state index in [0.29, 0.717) is 23.4 Å². The highest BCUT2D eigenvalue weighted by molar-refractivity contribution is 6.31. The molecule has 1 amide bonds. The fourth-order valence-electron chi connectivity index (χ4n) is 2.61. The smallest absolute Gasteiger partial charge is 0.225 e. The van der Waals surface area contributed by atoms with Crippen LogP contribution in [0.25, 0.3) is 0 Å². The second-order valence-corrected chi connectivity index (χ2v) is 6.02. The Hall–Kier alpha value is -1.13. The first-order valence-corrected chi connectivity index (χ1v) is 7.46. The number of amides is 1. The van der Waals surface area contributed by atoms with Crippen molar-refractivity contribution in [3.8, 4) is 0 Å². The molecule has 20 heavy (non-hydrogen) atoms. The average Bonchev–Trinajstić information content (AvgIpc) is 3.26. The predicted molar refractivity (Wildman–Crippen MR) is 76.0 cm³/mol. The van der Waals surface area contributed by atoms with E-state index < -0.39 is 0 Å². The molecule has 1 aromatic rings. The normalized spacial score (nSPS) is 20.2. The highest BCUT2D eigenvalue weighted by atomic mass is 35.5. The van der Waals surface area contributed by atoms with Gasteiger partial charge in [0.1, 0.15) is 5.82 Å². The standard InChI is InChI=1S/C15H18ClFN2O/c16-14-9-13(17)4-3-12(14)10-18-5-7-19(8-6-18)15(20)11-1-2-11/h3-4,9,11H,1-2,5-8,10H2. The second-order valence-electron chi connectivity index (χ2n) is 5.61. The Balaban J connectivity index is 1.54. The van der Waals surface area contributed by atoms with E-state index in [1.807, 2.05) is 4.90 Å². The number of piperazine rings is 1. The lowest BCUT2D eigenvalue weighted by atomic mass is 10.2. The van der Waals surface area contributed by atoms with Crippen molar-refractivity contribution in [2.75, 3.05) is 26.2 Å². The molecule has 0 N–H and O–H groups in total. The molecule has 1 saturated carbocycles. The Morgan fingerprint density at radius 1 is 1.25 bits per heavy atom. The van der Waals surface area contributed by atoms with Crippen LogP contribution in [-0.2, 0) is 11.3 Å². The van der Waals surface area contributed by atoms with Crippen molar-refractivity contribution < 1.29 is 9.18 Å². The lowest BCUT2D eigenvalue weighted by molar-refractivity contribution is -0.134. The van der Waals surface area contributed by atoms with E-state index in [2.05, 4.69) is 4.90 Å². The number of carbonyl (C=O) groups is 1. The van der Waals surface area contributed by atoms with Crippen LogP contribution in [0.5, 0.6) is 0 Å². The summed E-state index contributed by atoms with van der Waals surface area (Å²) in [7, 11) is 0. The number of benzene rings is 1. The molecule has 3 nitrogen and oxygen atoms in total. The van der Waals surface area contributed by atoms with E-state index in [9.17, 15) is 9.18 Å². The summed E-state index contributed by atoms with van der Waals surface area (Å²) in [6, 6.07) is 4.53. The van der Waals surface area contributed by atoms with Crippen molar-refractivity contribution in [1.29, 1.82) is 0 Å². The second kappa shape index (κ2) is 5.70. The Bertz CT molecular complexity index is 511. The van der Waals surface area contributed by atoms with Gasteiger partial charge >= 0.3 is 0 Å². The van der Waals surface area contributed by atoms with Crippen LogP contribution in [0.15, 0.2) is 18.2 Å². The minimum absolute atomic E-state index is 0.299. The SMILES string of the molecule is O=C(C1CC1)N1CCN(Cc2ccc(F)cc2Cl)CC1. The van der Waals surface area contributed by atoms with E-state index in [1.165, 1.54) is 12.1 Å². The van der Waals surface area contributed by atoms with Crippen molar-refractivity contribution in [3.05, 3.63) is 34.6 Å². The molecule has 0 atom stereocenters. The number of hydrogen-bond acceptors (Lipinski definition) is 2. The zero-order valence-electron chi connectivity index (χ0n) is 11.3. The molecule has 0 radical (unpaired) electrons. The molecule has 108 valence electrons. The number of rotatable bonds is 3. The van der Waals surface area contributed by atoms with Gasteiger partial charge in [-0.15, -0.1) is 0 Å². The van der Waals surface area contributed by atoms with Gasteiger partial charge < -0.3 is 4.90 Å². The summed E-state index contributed by atoms with van der Waals surface area (Å²) in [4.78, 5) is 16.2. The largest absolute Gasteiger partial charge is 0.340 e. The van der Waals surface area contributed by atoms with Gasteiger partial charge in [-0.25, -0.2) is 4.39 Å². The molecular formula is C15H18ClFN2O. The summed E-state index contributed by atoms with van der Waals surface area (Å²) < 4.78 is 13.0. The maximum Gasteiger partial charge on any atom is 0.225 e. The van der Waals surface area contributed by atoms with E-state index in [1.54, 1.807) is 6.07 Å². The summed E-state index contributed by atoms with van der Waals surface area (Å²) in [5, 5.41) is 0.474. The Labute approximate surface area is 123 Å². The highest BCUT2D eigenvalue weighted by Crippen LogP contribution is 2.31. The van der Waals surface area contributed by atoms with Crippen LogP contribution < -0.4 is 0 Å². The van der Waals surface area contributed by atoms with Gasteiger partial charge in [0, 0.05) is 43.7 Å². The molecule has 1 aliphatic heterocycles. The third-order valence-corrected chi connectivity index (χ3v) is 4.37. The molecule has 1 aliphatic carbocycles. The van der Waals surface area contributed by atoms with Crippen LogP contribution in [-0.4, -0.2) is 41.9 Å². The lowest BCUT2D eigenvalue weighted by Gasteiger charge is -2.35. The average molecular weight is 297 g/mol. The number of hydrogen-bond donors (Lipinski definition) is 0. The molecule has 2 fully saturated rings. The molecule has 0 unspecified atom stereocenters. The maximum atomic E-state index is 13.0. The molecular weight excluding hydrogens is 279 g/mol. The van der Waals surface area contributed by atoms with Crippen molar-refractivity contribution in [2.45, 2.75) is 19.4 Å². The molecule has 0 spiro atoms. The van der Waals surface area contributed by atoms with Gasteiger partial charge in [-0.05, 0) is 30.5 Å². The molecule has 3 rings (SSSR count). The van der Waals surface area contributed by atoms with Crippen molar-refractivity contribution in [1.82, 2.24) is 9.80 Å². The van der Waals surface area contributed by atoms with Gasteiger partial charge in [-0.2, -0.15) is 0 Å². The summed E-state index contributed by atoms with van der Waals surface area (Å²) in [5.74, 6) is 0.316. The van der Waals surface area contributed by atoms with Crippen LogP contribution in [0.2, 0.25) is 5.02 Å². The van der Waals surface area contributed by atoms with Crippen LogP contribution in [0.4, 0.5) is 4.39 Å². The minimum Gasteiger partial charge on any atom is -0.340 e. The first-order chi connectivity index (χ1) is 9.63. The third-order valence-electron chi connectivity index (χ3n) is 4.02. The van der Waals surface area contributed by atoms with Crippen LogP contribution in [0, 0.1) is 11.7 Å². The molecule has 0 aromatic heterocycles. The van der Waals surface area contributed by atoms with Crippen molar-refractivity contribution in [2.24, 2.45) is 5.92 Å². The summed E-state index contributed by atoms with van der Waals surface area (Å²) in [5.41, 5.74) is 0.940. The topological polar surface area (TPSA) is 23.6 Å². The van der Waals surface area contributed by atoms with Crippen molar-refractivity contribution >= 4 is 17.5 Å². The summed E-state index contributed by atoms with van der Waals surface area (Å²) in [6.45, 7) is 3.99. The zero-order valence-corrected chi connectivity index (χ0v) is 12.1. The molecule has 1 heterocycles. The van der Waals surface area contributed by atoms with Gasteiger partial charge in [0.15, 0.2) is 0 Å². The quantitative estimate of drug-likeness (QED) is 0.856. The van der Waals surface area contributed by atoms with Gasteiger partial charge in [0.25, 0.3) is 0 Å². The Morgan fingerprint density at radius 3 is 2.55 bits per heavy atom. The maximum absolute atomic E-state index is 13.0. The first kappa shape index (κ1) is 13.8. The summed E-state index contributed by atoms with van der Waals surface area (Å²) in [6.07, 6.45) is 2.12.